The van der Waals surface area contributed by atoms with Crippen LogP contribution in [-0.4, -0.2) is 60.4 Å². The first kappa shape index (κ1) is 21.5. The molecule has 0 aliphatic rings. The average molecular weight is 487 g/mol. The van der Waals surface area contributed by atoms with E-state index in [1.807, 2.05) is 13.8 Å². The van der Waals surface area contributed by atoms with Crippen molar-refractivity contribution in [1.82, 2.24) is 9.97 Å². The summed E-state index contributed by atoms with van der Waals surface area (Å²) in [5, 5.41) is 47.5. The average Bonchev–Trinajstić information content (AvgIpc) is 2.52. The molecule has 127 valence electrons. The Labute approximate surface area is 143 Å². The zero-order valence-electron chi connectivity index (χ0n) is 12.7. The summed E-state index contributed by atoms with van der Waals surface area (Å²) in [6, 6.07) is 0. The van der Waals surface area contributed by atoms with E-state index in [2.05, 4.69) is 9.97 Å². The zero-order chi connectivity index (χ0) is 16.0. The summed E-state index contributed by atoms with van der Waals surface area (Å²) >= 11 is 0. The number of rotatable bonds is 8. The first-order valence-electron chi connectivity index (χ1n) is 7.04. The largest absolute Gasteiger partial charge is 0.394 e. The van der Waals surface area contributed by atoms with E-state index in [9.17, 15) is 20.4 Å². The topological polar surface area (TPSA) is 127 Å². The molecule has 7 nitrogen and oxygen atoms in total. The van der Waals surface area contributed by atoms with Crippen LogP contribution >= 0.6 is 0 Å². The normalized spacial score (nSPS) is 18.0. The predicted molar refractivity (Wildman–Crippen MR) is 75.3 cm³/mol. The second kappa shape index (κ2) is 10.3. The Morgan fingerprint density at radius 1 is 1.05 bits per heavy atom. The number of aliphatic hydroxyl groups is 5. The first-order chi connectivity index (χ1) is 9.90. The van der Waals surface area contributed by atoms with Gasteiger partial charge in [-0.15, -0.1) is 0 Å². The standard InChI is InChI=1S/C14H24N2O5.Re/c1-3-8(2)13(20)14(21)10-6-15-9(5-16-10)4-11(18)12(19)7-17;/h5-6,8,11-14,17-21H,3-4,7H2,1-2H3;. The molecule has 5 N–H and O–H groups in total. The van der Waals surface area contributed by atoms with Gasteiger partial charge in [-0.3, -0.25) is 9.97 Å². The van der Waals surface area contributed by atoms with Gasteiger partial charge in [0, 0.05) is 33.0 Å². The molecule has 0 bridgehead atoms. The second-order valence-electron chi connectivity index (χ2n) is 5.27. The molecule has 0 aliphatic heterocycles. The molecule has 0 aliphatic carbocycles. The molecule has 0 aromatic carbocycles. The Morgan fingerprint density at radius 2 is 1.68 bits per heavy atom. The van der Waals surface area contributed by atoms with Crippen molar-refractivity contribution in [1.29, 1.82) is 0 Å². The number of hydrogen-bond donors (Lipinski definition) is 5. The van der Waals surface area contributed by atoms with E-state index >= 15 is 0 Å². The zero-order valence-corrected chi connectivity index (χ0v) is 15.4. The molecule has 5 unspecified atom stereocenters. The summed E-state index contributed by atoms with van der Waals surface area (Å²) in [7, 11) is 0. The van der Waals surface area contributed by atoms with Crippen molar-refractivity contribution >= 4 is 0 Å². The summed E-state index contributed by atoms with van der Waals surface area (Å²) in [5.41, 5.74) is 0.674. The maximum absolute atomic E-state index is 10.0. The summed E-state index contributed by atoms with van der Waals surface area (Å²) in [6.07, 6.45) is -0.922. The molecule has 0 fully saturated rings. The third-order valence-corrected chi connectivity index (χ3v) is 3.63. The van der Waals surface area contributed by atoms with E-state index in [1.165, 1.54) is 12.4 Å². The van der Waals surface area contributed by atoms with Gasteiger partial charge in [0.15, 0.2) is 0 Å². The summed E-state index contributed by atoms with van der Waals surface area (Å²) in [6.45, 7) is 3.22. The quantitative estimate of drug-likeness (QED) is 0.325. The van der Waals surface area contributed by atoms with E-state index in [0.29, 0.717) is 5.69 Å². The van der Waals surface area contributed by atoms with Crippen molar-refractivity contribution in [3.63, 3.8) is 0 Å². The van der Waals surface area contributed by atoms with Crippen LogP contribution in [0, 0.1) is 5.92 Å². The van der Waals surface area contributed by atoms with Crippen molar-refractivity contribution in [2.24, 2.45) is 5.92 Å². The molecule has 1 aromatic rings. The van der Waals surface area contributed by atoms with Crippen molar-refractivity contribution in [2.45, 2.75) is 51.1 Å². The number of hydrogen-bond acceptors (Lipinski definition) is 7. The van der Waals surface area contributed by atoms with Crippen LogP contribution in [0.1, 0.15) is 37.8 Å². The van der Waals surface area contributed by atoms with E-state index < -0.39 is 31.0 Å². The molecule has 5 atom stereocenters. The fourth-order valence-electron chi connectivity index (χ4n) is 1.82. The van der Waals surface area contributed by atoms with Crippen LogP contribution in [0.3, 0.4) is 0 Å². The van der Waals surface area contributed by atoms with Crippen LogP contribution in [0.5, 0.6) is 0 Å². The van der Waals surface area contributed by atoms with Crippen molar-refractivity contribution in [3.05, 3.63) is 23.8 Å². The minimum absolute atomic E-state index is 0. The van der Waals surface area contributed by atoms with Gasteiger partial charge >= 0.3 is 0 Å². The smallest absolute Gasteiger partial charge is 0.124 e. The third-order valence-electron chi connectivity index (χ3n) is 3.63. The SMILES string of the molecule is CCC(C)C(O)C(O)c1cnc(CC(O)C(O)CO)cn1.[Re]. The van der Waals surface area contributed by atoms with Crippen LogP contribution in [0.4, 0.5) is 0 Å². The van der Waals surface area contributed by atoms with Crippen molar-refractivity contribution in [2.75, 3.05) is 6.61 Å². The molecule has 22 heavy (non-hydrogen) atoms. The number of aromatic nitrogens is 2. The van der Waals surface area contributed by atoms with Crippen LogP contribution < -0.4 is 0 Å². The van der Waals surface area contributed by atoms with Gasteiger partial charge in [-0.25, -0.2) is 0 Å². The van der Waals surface area contributed by atoms with Gasteiger partial charge < -0.3 is 25.5 Å². The molecular formula is C14H24N2O5Re. The Bertz CT molecular complexity index is 420. The van der Waals surface area contributed by atoms with Gasteiger partial charge in [0.05, 0.1) is 36.4 Å². The minimum atomic E-state index is -1.23. The maximum Gasteiger partial charge on any atom is 0.124 e. The molecule has 0 amide bonds. The van der Waals surface area contributed by atoms with Gasteiger partial charge in [0.2, 0.25) is 0 Å². The first-order valence-corrected chi connectivity index (χ1v) is 7.04. The summed E-state index contributed by atoms with van der Waals surface area (Å²) in [5.74, 6) is -0.0667. The van der Waals surface area contributed by atoms with Gasteiger partial charge in [-0.2, -0.15) is 0 Å². The molecule has 1 heterocycles. The Kier molecular flexibility index (Phi) is 10.1. The molecule has 0 saturated heterocycles. The van der Waals surface area contributed by atoms with E-state index in [-0.39, 0.29) is 38.5 Å². The molecule has 1 rings (SSSR count). The van der Waals surface area contributed by atoms with E-state index in [4.69, 9.17) is 5.11 Å². The van der Waals surface area contributed by atoms with Gasteiger partial charge in [-0.1, -0.05) is 20.3 Å². The second-order valence-corrected chi connectivity index (χ2v) is 5.27. The Balaban J connectivity index is 0.00000441. The molecule has 1 radical (unpaired) electrons. The molecule has 0 spiro atoms. The molecular weight excluding hydrogens is 462 g/mol. The summed E-state index contributed by atoms with van der Waals surface area (Å²) < 4.78 is 0. The van der Waals surface area contributed by atoms with Gasteiger partial charge in [0.1, 0.15) is 12.2 Å². The van der Waals surface area contributed by atoms with Crippen LogP contribution in [0.2, 0.25) is 0 Å². The number of nitrogens with zero attached hydrogens (tertiary/aromatic N) is 2. The third kappa shape index (κ3) is 5.97. The Morgan fingerprint density at radius 3 is 2.14 bits per heavy atom. The van der Waals surface area contributed by atoms with Gasteiger partial charge in [-0.05, 0) is 5.92 Å². The van der Waals surface area contributed by atoms with E-state index in [0.717, 1.165) is 6.42 Å². The summed E-state index contributed by atoms with van der Waals surface area (Å²) in [4.78, 5) is 8.06. The van der Waals surface area contributed by atoms with Crippen LogP contribution in [0.15, 0.2) is 12.4 Å². The molecule has 0 saturated carbocycles. The fourth-order valence-corrected chi connectivity index (χ4v) is 1.82. The fraction of sp³-hybridized carbons (Fsp3) is 0.714. The molecule has 8 heteroatoms. The van der Waals surface area contributed by atoms with Gasteiger partial charge in [0.25, 0.3) is 0 Å². The molecule has 1 aromatic heterocycles. The number of aliphatic hydroxyl groups excluding tert-OH is 5. The van der Waals surface area contributed by atoms with E-state index in [1.54, 1.807) is 0 Å². The van der Waals surface area contributed by atoms with Crippen molar-refractivity contribution < 1.29 is 46.0 Å². The minimum Gasteiger partial charge on any atom is -0.394 e. The monoisotopic (exact) mass is 487 g/mol. The predicted octanol–water partition coefficient (Wildman–Crippen LogP) is -0.829. The maximum atomic E-state index is 10.0. The van der Waals surface area contributed by atoms with Crippen LogP contribution in [0.25, 0.3) is 0 Å². The van der Waals surface area contributed by atoms with Crippen LogP contribution in [-0.2, 0) is 26.8 Å². The van der Waals surface area contributed by atoms with Crippen molar-refractivity contribution in [3.8, 4) is 0 Å². The Hall–Kier alpha value is -0.458.